The standard InChI is InChI=1S/C13H24BrNO/c1-10(2)12(9-14)15-13(16)11-7-5-3-4-6-8-11/h10-12H,3-9H2,1-2H3,(H,15,16). The minimum atomic E-state index is 0.266. The highest BCUT2D eigenvalue weighted by Crippen LogP contribution is 2.23. The maximum Gasteiger partial charge on any atom is 0.223 e. The number of rotatable bonds is 4. The maximum atomic E-state index is 12.1. The van der Waals surface area contributed by atoms with Gasteiger partial charge in [-0.2, -0.15) is 0 Å². The highest BCUT2D eigenvalue weighted by atomic mass is 79.9. The molecule has 0 saturated heterocycles. The Morgan fingerprint density at radius 1 is 1.25 bits per heavy atom. The third-order valence-corrected chi connectivity index (χ3v) is 4.22. The van der Waals surface area contributed by atoms with Gasteiger partial charge in [-0.3, -0.25) is 4.79 Å². The summed E-state index contributed by atoms with van der Waals surface area (Å²) in [6.45, 7) is 4.30. The Hall–Kier alpha value is -0.0500. The molecule has 1 rings (SSSR count). The molecule has 0 aromatic carbocycles. The van der Waals surface area contributed by atoms with Crippen molar-refractivity contribution < 1.29 is 4.79 Å². The Bertz CT molecular complexity index is 210. The zero-order valence-corrected chi connectivity index (χ0v) is 12.1. The smallest absolute Gasteiger partial charge is 0.223 e. The van der Waals surface area contributed by atoms with Crippen LogP contribution in [-0.4, -0.2) is 17.3 Å². The molecule has 16 heavy (non-hydrogen) atoms. The maximum absolute atomic E-state index is 12.1. The van der Waals surface area contributed by atoms with E-state index in [0.717, 1.165) is 18.2 Å². The first-order valence-corrected chi connectivity index (χ1v) is 7.63. The minimum Gasteiger partial charge on any atom is -0.352 e. The summed E-state index contributed by atoms with van der Waals surface area (Å²) in [4.78, 5) is 12.1. The van der Waals surface area contributed by atoms with Gasteiger partial charge in [-0.25, -0.2) is 0 Å². The zero-order valence-electron chi connectivity index (χ0n) is 10.5. The van der Waals surface area contributed by atoms with Crippen LogP contribution in [0.25, 0.3) is 0 Å². The molecule has 1 amide bonds. The number of carbonyl (C=O) groups excluding carboxylic acids is 1. The third kappa shape index (κ3) is 4.44. The summed E-state index contributed by atoms with van der Waals surface area (Å²) < 4.78 is 0. The van der Waals surface area contributed by atoms with Crippen molar-refractivity contribution >= 4 is 21.8 Å². The number of hydrogen-bond acceptors (Lipinski definition) is 1. The van der Waals surface area contributed by atoms with E-state index in [0.29, 0.717) is 5.92 Å². The summed E-state index contributed by atoms with van der Waals surface area (Å²) in [6.07, 6.45) is 7.21. The van der Waals surface area contributed by atoms with Crippen LogP contribution >= 0.6 is 15.9 Å². The minimum absolute atomic E-state index is 0.266. The first-order valence-electron chi connectivity index (χ1n) is 6.51. The Morgan fingerprint density at radius 3 is 2.25 bits per heavy atom. The number of hydrogen-bond donors (Lipinski definition) is 1. The molecule has 1 aliphatic rings. The molecule has 2 nitrogen and oxygen atoms in total. The van der Waals surface area contributed by atoms with Crippen LogP contribution in [-0.2, 0) is 4.79 Å². The predicted molar refractivity (Wildman–Crippen MR) is 71.8 cm³/mol. The molecular formula is C13H24BrNO. The predicted octanol–water partition coefficient (Wildman–Crippen LogP) is 3.49. The van der Waals surface area contributed by atoms with Gasteiger partial charge in [-0.05, 0) is 18.8 Å². The van der Waals surface area contributed by atoms with Crippen molar-refractivity contribution in [3.8, 4) is 0 Å². The van der Waals surface area contributed by atoms with Crippen molar-refractivity contribution in [3.63, 3.8) is 0 Å². The Balaban J connectivity index is 2.42. The van der Waals surface area contributed by atoms with Crippen LogP contribution in [0, 0.1) is 11.8 Å². The normalized spacial score (nSPS) is 20.5. The van der Waals surface area contributed by atoms with E-state index in [1.54, 1.807) is 0 Å². The highest BCUT2D eigenvalue weighted by molar-refractivity contribution is 9.09. The van der Waals surface area contributed by atoms with Crippen molar-refractivity contribution in [3.05, 3.63) is 0 Å². The molecule has 0 spiro atoms. The first kappa shape index (κ1) is 14.0. The molecular weight excluding hydrogens is 266 g/mol. The lowest BCUT2D eigenvalue weighted by Gasteiger charge is -2.23. The second kappa shape index (κ2) is 7.31. The lowest BCUT2D eigenvalue weighted by Crippen LogP contribution is -2.42. The van der Waals surface area contributed by atoms with Crippen LogP contribution in [0.2, 0.25) is 0 Å². The molecule has 1 N–H and O–H groups in total. The molecule has 0 aromatic rings. The van der Waals surface area contributed by atoms with Gasteiger partial charge < -0.3 is 5.32 Å². The van der Waals surface area contributed by atoms with Crippen LogP contribution in [0.15, 0.2) is 0 Å². The van der Waals surface area contributed by atoms with Crippen LogP contribution in [0.3, 0.4) is 0 Å². The molecule has 0 heterocycles. The fourth-order valence-electron chi connectivity index (χ4n) is 2.23. The van der Waals surface area contributed by atoms with Crippen molar-refractivity contribution in [2.45, 2.75) is 58.4 Å². The SMILES string of the molecule is CC(C)C(CBr)NC(=O)C1CCCCCC1. The molecule has 0 aromatic heterocycles. The molecule has 1 unspecified atom stereocenters. The second-order valence-electron chi connectivity index (χ2n) is 5.20. The van der Waals surface area contributed by atoms with E-state index < -0.39 is 0 Å². The lowest BCUT2D eigenvalue weighted by molar-refractivity contribution is -0.126. The average Bonchev–Trinajstić information content (AvgIpc) is 2.53. The summed E-state index contributed by atoms with van der Waals surface area (Å²) in [5, 5.41) is 4.03. The zero-order chi connectivity index (χ0) is 12.0. The van der Waals surface area contributed by atoms with Crippen molar-refractivity contribution in [2.75, 3.05) is 5.33 Å². The van der Waals surface area contributed by atoms with E-state index in [4.69, 9.17) is 0 Å². The molecule has 94 valence electrons. The number of halogens is 1. The van der Waals surface area contributed by atoms with Gasteiger partial charge in [0, 0.05) is 17.3 Å². The molecule has 1 atom stereocenters. The fourth-order valence-corrected chi connectivity index (χ4v) is 3.14. The molecule has 1 aliphatic carbocycles. The van der Waals surface area contributed by atoms with Gasteiger partial charge in [0.25, 0.3) is 0 Å². The van der Waals surface area contributed by atoms with E-state index in [1.807, 2.05) is 0 Å². The Morgan fingerprint density at radius 2 is 1.81 bits per heavy atom. The van der Waals surface area contributed by atoms with Gasteiger partial charge in [0.15, 0.2) is 0 Å². The van der Waals surface area contributed by atoms with Crippen LogP contribution in [0.5, 0.6) is 0 Å². The number of alkyl halides is 1. The van der Waals surface area contributed by atoms with Crippen LogP contribution < -0.4 is 5.32 Å². The molecule has 1 saturated carbocycles. The Kier molecular flexibility index (Phi) is 6.40. The van der Waals surface area contributed by atoms with E-state index >= 15 is 0 Å². The molecule has 0 aliphatic heterocycles. The van der Waals surface area contributed by atoms with Crippen LogP contribution in [0.1, 0.15) is 52.4 Å². The monoisotopic (exact) mass is 289 g/mol. The van der Waals surface area contributed by atoms with E-state index in [-0.39, 0.29) is 17.9 Å². The van der Waals surface area contributed by atoms with E-state index in [2.05, 4.69) is 35.1 Å². The number of carbonyl (C=O) groups is 1. The summed E-state index contributed by atoms with van der Waals surface area (Å²) in [7, 11) is 0. The summed E-state index contributed by atoms with van der Waals surface area (Å²) >= 11 is 3.47. The fraction of sp³-hybridized carbons (Fsp3) is 0.923. The highest BCUT2D eigenvalue weighted by Gasteiger charge is 2.23. The first-order chi connectivity index (χ1) is 7.65. The molecule has 0 bridgehead atoms. The third-order valence-electron chi connectivity index (χ3n) is 3.52. The Labute approximate surface area is 108 Å². The summed E-state index contributed by atoms with van der Waals surface area (Å²) in [5.74, 6) is 1.04. The van der Waals surface area contributed by atoms with E-state index in [1.165, 1.54) is 25.7 Å². The van der Waals surface area contributed by atoms with Crippen molar-refractivity contribution in [1.82, 2.24) is 5.32 Å². The summed E-state index contributed by atoms with van der Waals surface area (Å²) in [5.41, 5.74) is 0. The van der Waals surface area contributed by atoms with Crippen LogP contribution in [0.4, 0.5) is 0 Å². The quantitative estimate of drug-likeness (QED) is 0.623. The van der Waals surface area contributed by atoms with Gasteiger partial charge in [0.1, 0.15) is 0 Å². The van der Waals surface area contributed by atoms with Gasteiger partial charge in [0.2, 0.25) is 5.91 Å². The van der Waals surface area contributed by atoms with Crippen molar-refractivity contribution in [2.24, 2.45) is 11.8 Å². The van der Waals surface area contributed by atoms with E-state index in [9.17, 15) is 4.79 Å². The van der Waals surface area contributed by atoms with Gasteiger partial charge in [-0.15, -0.1) is 0 Å². The molecule has 3 heteroatoms. The molecule has 0 radical (unpaired) electrons. The largest absolute Gasteiger partial charge is 0.352 e. The lowest BCUT2D eigenvalue weighted by atomic mass is 9.98. The van der Waals surface area contributed by atoms with Crippen molar-refractivity contribution in [1.29, 1.82) is 0 Å². The number of nitrogens with one attached hydrogen (secondary N) is 1. The topological polar surface area (TPSA) is 29.1 Å². The average molecular weight is 290 g/mol. The summed E-state index contributed by atoms with van der Waals surface area (Å²) in [6, 6.07) is 0.274. The number of amides is 1. The molecule has 1 fully saturated rings. The van der Waals surface area contributed by atoms with Gasteiger partial charge >= 0.3 is 0 Å². The second-order valence-corrected chi connectivity index (χ2v) is 5.85. The van der Waals surface area contributed by atoms with Gasteiger partial charge in [-0.1, -0.05) is 55.5 Å². The van der Waals surface area contributed by atoms with Gasteiger partial charge in [0.05, 0.1) is 0 Å².